The predicted molar refractivity (Wildman–Crippen MR) is 92.3 cm³/mol. The average Bonchev–Trinajstić information content (AvgIpc) is 2.82. The third-order valence-electron chi connectivity index (χ3n) is 5.09. The van der Waals surface area contributed by atoms with Crippen molar-refractivity contribution < 1.29 is 0 Å². The first-order valence-electron chi connectivity index (χ1n) is 7.83. The zero-order valence-corrected chi connectivity index (χ0v) is 14.3. The molecule has 1 aliphatic heterocycles. The molecule has 22 heavy (non-hydrogen) atoms. The van der Waals surface area contributed by atoms with E-state index >= 15 is 0 Å². The fourth-order valence-corrected chi connectivity index (χ4v) is 4.45. The summed E-state index contributed by atoms with van der Waals surface area (Å²) in [6.45, 7) is 1.96. The van der Waals surface area contributed by atoms with Crippen LogP contribution >= 0.6 is 22.6 Å². The van der Waals surface area contributed by atoms with Crippen molar-refractivity contribution in [2.24, 2.45) is 5.92 Å². The van der Waals surface area contributed by atoms with E-state index in [0.29, 0.717) is 5.54 Å². The van der Waals surface area contributed by atoms with Gasteiger partial charge in [0, 0.05) is 30.9 Å². The van der Waals surface area contributed by atoms with Crippen LogP contribution in [0.2, 0.25) is 0 Å². The van der Waals surface area contributed by atoms with Gasteiger partial charge in [-0.3, -0.25) is 0 Å². The number of nitrogens with one attached hydrogen (secondary N) is 1. The molecule has 6 nitrogen and oxygen atoms in total. The van der Waals surface area contributed by atoms with Crippen molar-refractivity contribution in [1.29, 1.82) is 0 Å². The molecule has 2 aromatic rings. The second-order valence-electron chi connectivity index (χ2n) is 6.68. The van der Waals surface area contributed by atoms with Crippen LogP contribution < -0.4 is 10.2 Å². The normalized spacial score (nSPS) is 28.6. The van der Waals surface area contributed by atoms with E-state index in [1.807, 2.05) is 12.3 Å². The van der Waals surface area contributed by atoms with Gasteiger partial charge < -0.3 is 10.2 Å². The number of aromatic nitrogens is 4. The van der Waals surface area contributed by atoms with E-state index in [1.54, 1.807) is 0 Å². The van der Waals surface area contributed by atoms with Crippen molar-refractivity contribution in [2.75, 3.05) is 16.8 Å². The minimum Gasteiger partial charge on any atom is -0.349 e. The second-order valence-corrected chi connectivity index (χ2v) is 7.78. The van der Waals surface area contributed by atoms with Crippen LogP contribution in [0.15, 0.2) is 18.3 Å². The van der Waals surface area contributed by atoms with E-state index in [1.165, 1.54) is 19.3 Å². The van der Waals surface area contributed by atoms with Crippen molar-refractivity contribution >= 4 is 40.2 Å². The van der Waals surface area contributed by atoms with Crippen LogP contribution in [0.3, 0.4) is 0 Å². The van der Waals surface area contributed by atoms with Crippen LogP contribution in [0.1, 0.15) is 25.7 Å². The third-order valence-corrected chi connectivity index (χ3v) is 5.62. The highest BCUT2D eigenvalue weighted by atomic mass is 127. The molecule has 114 valence electrons. The molecule has 3 aliphatic carbocycles. The van der Waals surface area contributed by atoms with Crippen molar-refractivity contribution in [1.82, 2.24) is 19.7 Å². The fraction of sp³-hybridized carbons (Fsp3) is 0.533. The van der Waals surface area contributed by atoms with E-state index in [9.17, 15) is 0 Å². The summed E-state index contributed by atoms with van der Waals surface area (Å²) in [5.74, 6) is 3.81. The Morgan fingerprint density at radius 1 is 1.27 bits per heavy atom. The van der Waals surface area contributed by atoms with Gasteiger partial charge >= 0.3 is 0 Å². The van der Waals surface area contributed by atoms with Gasteiger partial charge in [0.15, 0.2) is 0 Å². The van der Waals surface area contributed by atoms with E-state index < -0.39 is 0 Å². The summed E-state index contributed by atoms with van der Waals surface area (Å²) in [4.78, 5) is 11.4. The van der Waals surface area contributed by atoms with E-state index in [2.05, 4.69) is 53.6 Å². The first-order valence-corrected chi connectivity index (χ1v) is 8.91. The van der Waals surface area contributed by atoms with Crippen LogP contribution in [-0.2, 0) is 6.54 Å². The number of halogens is 1. The Labute approximate surface area is 142 Å². The zero-order valence-electron chi connectivity index (χ0n) is 12.2. The maximum atomic E-state index is 4.76. The lowest BCUT2D eigenvalue weighted by atomic mass is 9.50. The minimum absolute atomic E-state index is 0.308. The highest BCUT2D eigenvalue weighted by Crippen LogP contribution is 2.58. The lowest BCUT2D eigenvalue weighted by Gasteiger charge is -2.61. The maximum Gasteiger partial charge on any atom is 0.225 e. The monoisotopic (exact) mass is 408 g/mol. The smallest absolute Gasteiger partial charge is 0.225 e. The SMILES string of the molecule is Ic1cc2n(n1)CCCN2c1ccnc(NC23CC(C2)C3)n1. The van der Waals surface area contributed by atoms with Crippen LogP contribution in [0.5, 0.6) is 0 Å². The number of aryl methyl sites for hydroxylation is 1. The first kappa shape index (κ1) is 13.1. The van der Waals surface area contributed by atoms with E-state index in [0.717, 1.165) is 46.7 Å². The lowest BCUT2D eigenvalue weighted by Crippen LogP contribution is -2.63. The van der Waals surface area contributed by atoms with Gasteiger partial charge in [-0.1, -0.05) is 0 Å². The molecule has 3 saturated carbocycles. The Kier molecular flexibility index (Phi) is 2.71. The molecule has 0 radical (unpaired) electrons. The molecule has 0 unspecified atom stereocenters. The largest absolute Gasteiger partial charge is 0.349 e. The third kappa shape index (κ3) is 1.94. The second kappa shape index (κ2) is 4.56. The lowest BCUT2D eigenvalue weighted by molar-refractivity contribution is 0.00147. The van der Waals surface area contributed by atoms with Gasteiger partial charge in [0.1, 0.15) is 15.3 Å². The summed E-state index contributed by atoms with van der Waals surface area (Å²) in [6, 6.07) is 4.11. The van der Waals surface area contributed by atoms with Gasteiger partial charge in [0.05, 0.1) is 0 Å². The van der Waals surface area contributed by atoms with Crippen LogP contribution in [0.4, 0.5) is 17.6 Å². The molecule has 3 fully saturated rings. The molecule has 0 atom stereocenters. The number of hydrogen-bond donors (Lipinski definition) is 1. The van der Waals surface area contributed by atoms with E-state index in [4.69, 9.17) is 4.98 Å². The summed E-state index contributed by atoms with van der Waals surface area (Å²) >= 11 is 2.27. The summed E-state index contributed by atoms with van der Waals surface area (Å²) < 4.78 is 3.10. The summed E-state index contributed by atoms with van der Waals surface area (Å²) in [5, 5.41) is 8.10. The van der Waals surface area contributed by atoms with Gasteiger partial charge in [-0.2, -0.15) is 10.1 Å². The Balaban J connectivity index is 1.45. The van der Waals surface area contributed by atoms with E-state index in [-0.39, 0.29) is 0 Å². The molecule has 0 aromatic carbocycles. The van der Waals surface area contributed by atoms with Crippen molar-refractivity contribution in [3.8, 4) is 0 Å². The summed E-state index contributed by atoms with van der Waals surface area (Å²) in [5.41, 5.74) is 0.308. The molecule has 2 bridgehead atoms. The molecular formula is C15H17IN6. The van der Waals surface area contributed by atoms with Crippen molar-refractivity contribution in [3.05, 3.63) is 22.0 Å². The van der Waals surface area contributed by atoms with Gasteiger partial charge in [0.2, 0.25) is 5.95 Å². The molecule has 0 spiro atoms. The molecule has 0 amide bonds. The molecule has 7 heteroatoms. The number of anilines is 3. The number of nitrogens with zero attached hydrogens (tertiary/aromatic N) is 5. The van der Waals surface area contributed by atoms with Crippen LogP contribution in [0.25, 0.3) is 0 Å². The molecule has 4 aliphatic rings. The Bertz CT molecular complexity index is 724. The number of fused-ring (bicyclic) bond motifs is 1. The van der Waals surface area contributed by atoms with Crippen LogP contribution in [-0.4, -0.2) is 31.8 Å². The Morgan fingerprint density at radius 2 is 2.14 bits per heavy atom. The molecule has 1 N–H and O–H groups in total. The van der Waals surface area contributed by atoms with Gasteiger partial charge in [0.25, 0.3) is 0 Å². The number of rotatable bonds is 3. The fourth-order valence-electron chi connectivity index (χ4n) is 3.91. The summed E-state index contributed by atoms with van der Waals surface area (Å²) in [7, 11) is 0. The topological polar surface area (TPSA) is 58.9 Å². The predicted octanol–water partition coefficient (Wildman–Crippen LogP) is 2.78. The van der Waals surface area contributed by atoms with Gasteiger partial charge in [-0.25, -0.2) is 9.67 Å². The summed E-state index contributed by atoms with van der Waals surface area (Å²) in [6.07, 6.45) is 6.80. The van der Waals surface area contributed by atoms with Gasteiger partial charge in [-0.15, -0.1) is 0 Å². The highest BCUT2D eigenvalue weighted by Gasteiger charge is 2.57. The molecular weight excluding hydrogens is 391 g/mol. The molecule has 6 rings (SSSR count). The maximum absolute atomic E-state index is 4.76. The molecule has 0 saturated heterocycles. The Hall–Kier alpha value is -1.38. The highest BCUT2D eigenvalue weighted by molar-refractivity contribution is 14.1. The van der Waals surface area contributed by atoms with Crippen molar-refractivity contribution in [3.63, 3.8) is 0 Å². The minimum atomic E-state index is 0.308. The Morgan fingerprint density at radius 3 is 2.91 bits per heavy atom. The average molecular weight is 408 g/mol. The standard InChI is InChI=1S/C15H17IN6/c16-11-6-13-21(4-1-5-22(13)20-11)12-2-3-17-14(18-12)19-15-7-10(8-15)9-15/h2-3,6,10H,1,4-5,7-9H2,(H,17,18,19). The van der Waals surface area contributed by atoms with Gasteiger partial charge in [-0.05, 0) is 60.3 Å². The number of hydrogen-bond acceptors (Lipinski definition) is 5. The van der Waals surface area contributed by atoms with Crippen LogP contribution in [0, 0.1) is 9.62 Å². The quantitative estimate of drug-likeness (QED) is 0.792. The first-order chi connectivity index (χ1) is 10.7. The molecule has 3 heterocycles. The zero-order chi connectivity index (χ0) is 14.7. The van der Waals surface area contributed by atoms with Crippen molar-refractivity contribution in [2.45, 2.75) is 37.8 Å². The molecule has 2 aromatic heterocycles.